The Kier molecular flexibility index (Phi) is 1.06. The Morgan fingerprint density at radius 1 is 1.17 bits per heavy atom. The van der Waals surface area contributed by atoms with Crippen molar-refractivity contribution in [2.45, 2.75) is 57.0 Å². The summed E-state index contributed by atoms with van der Waals surface area (Å²) in [7, 11) is 0. The van der Waals surface area contributed by atoms with Gasteiger partial charge in [-0.25, -0.2) is 0 Å². The fraction of sp³-hybridized carbons (Fsp3) is 1.00. The van der Waals surface area contributed by atoms with E-state index in [-0.39, 0.29) is 11.2 Å². The second-order valence-electron chi connectivity index (χ2n) is 5.00. The van der Waals surface area contributed by atoms with E-state index in [2.05, 4.69) is 20.8 Å². The Bertz CT molecular complexity index is 238. The molecular formula is C10H16O2. The first kappa shape index (κ1) is 7.34. The standard InChI is InChI=1S/C10H16O2/c1-6(2)10-5-4-9(3)7(11-9)8(10)12-10/h6-8H,4-5H2,1-3H3/t7?,8?,9-,10+/m0/s1. The van der Waals surface area contributed by atoms with Crippen LogP contribution in [0, 0.1) is 5.92 Å². The molecule has 68 valence electrons. The van der Waals surface area contributed by atoms with Crippen LogP contribution in [-0.2, 0) is 9.47 Å². The zero-order chi connectivity index (χ0) is 8.56. The summed E-state index contributed by atoms with van der Waals surface area (Å²) in [6.45, 7) is 6.72. The van der Waals surface area contributed by atoms with Crippen LogP contribution >= 0.6 is 0 Å². The lowest BCUT2D eigenvalue weighted by Gasteiger charge is -2.21. The van der Waals surface area contributed by atoms with E-state index in [9.17, 15) is 0 Å². The topological polar surface area (TPSA) is 25.1 Å². The number of epoxide rings is 2. The van der Waals surface area contributed by atoms with Gasteiger partial charge in [-0.1, -0.05) is 13.8 Å². The van der Waals surface area contributed by atoms with Gasteiger partial charge in [0, 0.05) is 0 Å². The molecule has 3 aliphatic rings. The molecule has 0 radical (unpaired) electrons. The van der Waals surface area contributed by atoms with Crippen LogP contribution in [0.25, 0.3) is 0 Å². The molecule has 2 heteroatoms. The van der Waals surface area contributed by atoms with E-state index in [1.165, 1.54) is 12.8 Å². The molecule has 1 aliphatic carbocycles. The molecule has 0 bridgehead atoms. The molecule has 0 amide bonds. The van der Waals surface area contributed by atoms with E-state index in [1.54, 1.807) is 0 Å². The lowest BCUT2D eigenvalue weighted by atomic mass is 9.77. The fourth-order valence-electron chi connectivity index (χ4n) is 2.76. The lowest BCUT2D eigenvalue weighted by molar-refractivity contribution is 0.193. The third kappa shape index (κ3) is 0.647. The van der Waals surface area contributed by atoms with Crippen molar-refractivity contribution in [2.75, 3.05) is 0 Å². The first-order valence-electron chi connectivity index (χ1n) is 4.94. The van der Waals surface area contributed by atoms with Crippen molar-refractivity contribution in [3.63, 3.8) is 0 Å². The summed E-state index contributed by atoms with van der Waals surface area (Å²) >= 11 is 0. The van der Waals surface area contributed by atoms with Gasteiger partial charge in [0.15, 0.2) is 0 Å². The van der Waals surface area contributed by atoms with Crippen LogP contribution in [0.3, 0.4) is 0 Å². The minimum absolute atomic E-state index is 0.194. The molecule has 3 fully saturated rings. The second-order valence-corrected chi connectivity index (χ2v) is 5.00. The van der Waals surface area contributed by atoms with Gasteiger partial charge in [0.1, 0.15) is 12.2 Å². The third-order valence-corrected chi connectivity index (χ3v) is 3.98. The monoisotopic (exact) mass is 168 g/mol. The van der Waals surface area contributed by atoms with Crippen molar-refractivity contribution in [3.8, 4) is 0 Å². The predicted molar refractivity (Wildman–Crippen MR) is 45.0 cm³/mol. The Labute approximate surface area is 73.2 Å². The van der Waals surface area contributed by atoms with Gasteiger partial charge in [-0.3, -0.25) is 0 Å². The Hall–Kier alpha value is -0.0800. The summed E-state index contributed by atoms with van der Waals surface area (Å²) in [6, 6.07) is 0. The van der Waals surface area contributed by atoms with Crippen molar-refractivity contribution >= 4 is 0 Å². The summed E-state index contributed by atoms with van der Waals surface area (Å²) in [5, 5.41) is 0. The van der Waals surface area contributed by atoms with Gasteiger partial charge in [-0.2, -0.15) is 0 Å². The van der Waals surface area contributed by atoms with E-state index in [0.29, 0.717) is 18.1 Å². The fourth-order valence-corrected chi connectivity index (χ4v) is 2.76. The maximum Gasteiger partial charge on any atom is 0.117 e. The normalized spacial score (nSPS) is 61.0. The lowest BCUT2D eigenvalue weighted by Crippen LogP contribution is -2.33. The SMILES string of the molecule is CC(C)[C@]12CC[C@]3(C)OC3C1O2. The van der Waals surface area contributed by atoms with Gasteiger partial charge in [0.25, 0.3) is 0 Å². The summed E-state index contributed by atoms with van der Waals surface area (Å²) in [4.78, 5) is 0. The second kappa shape index (κ2) is 1.73. The summed E-state index contributed by atoms with van der Waals surface area (Å²) in [5.74, 6) is 0.649. The average molecular weight is 168 g/mol. The minimum atomic E-state index is 0.194. The maximum atomic E-state index is 5.82. The Morgan fingerprint density at radius 3 is 2.58 bits per heavy atom. The van der Waals surface area contributed by atoms with Gasteiger partial charge in [-0.05, 0) is 25.7 Å². The first-order chi connectivity index (χ1) is 5.58. The van der Waals surface area contributed by atoms with Gasteiger partial charge in [0.05, 0.1) is 11.2 Å². The Morgan fingerprint density at radius 2 is 1.92 bits per heavy atom. The van der Waals surface area contributed by atoms with E-state index >= 15 is 0 Å². The van der Waals surface area contributed by atoms with Crippen molar-refractivity contribution in [3.05, 3.63) is 0 Å². The molecule has 3 rings (SSSR count). The average Bonchev–Trinajstić information content (AvgIpc) is 2.76. The van der Waals surface area contributed by atoms with Crippen molar-refractivity contribution in [2.24, 2.45) is 5.92 Å². The number of ether oxygens (including phenoxy) is 2. The van der Waals surface area contributed by atoms with Gasteiger partial charge >= 0.3 is 0 Å². The van der Waals surface area contributed by atoms with Crippen LogP contribution < -0.4 is 0 Å². The predicted octanol–water partition coefficient (Wildman–Crippen LogP) is 1.73. The van der Waals surface area contributed by atoms with Crippen LogP contribution in [0.5, 0.6) is 0 Å². The Balaban J connectivity index is 1.84. The van der Waals surface area contributed by atoms with E-state index in [1.807, 2.05) is 0 Å². The van der Waals surface area contributed by atoms with Gasteiger partial charge < -0.3 is 9.47 Å². The number of fused-ring (bicyclic) bond motifs is 3. The van der Waals surface area contributed by atoms with Crippen molar-refractivity contribution < 1.29 is 9.47 Å². The molecule has 0 N–H and O–H groups in total. The van der Waals surface area contributed by atoms with Crippen LogP contribution in [0.4, 0.5) is 0 Å². The molecule has 12 heavy (non-hydrogen) atoms. The molecule has 2 heterocycles. The zero-order valence-corrected chi connectivity index (χ0v) is 7.96. The van der Waals surface area contributed by atoms with Crippen molar-refractivity contribution in [1.82, 2.24) is 0 Å². The quantitative estimate of drug-likeness (QED) is 0.557. The van der Waals surface area contributed by atoms with Crippen LogP contribution in [0.2, 0.25) is 0 Å². The largest absolute Gasteiger partial charge is 0.363 e. The smallest absolute Gasteiger partial charge is 0.117 e. The van der Waals surface area contributed by atoms with Crippen molar-refractivity contribution in [1.29, 1.82) is 0 Å². The van der Waals surface area contributed by atoms with Crippen LogP contribution in [0.1, 0.15) is 33.6 Å². The third-order valence-electron chi connectivity index (χ3n) is 3.98. The summed E-state index contributed by atoms with van der Waals surface area (Å²) in [5.41, 5.74) is 0.403. The zero-order valence-electron chi connectivity index (χ0n) is 7.96. The van der Waals surface area contributed by atoms with E-state index in [0.717, 1.165) is 0 Å². The van der Waals surface area contributed by atoms with E-state index < -0.39 is 0 Å². The summed E-state index contributed by atoms with van der Waals surface area (Å²) < 4.78 is 11.5. The molecule has 2 aliphatic heterocycles. The molecule has 1 saturated carbocycles. The van der Waals surface area contributed by atoms with Gasteiger partial charge in [0.2, 0.25) is 0 Å². The van der Waals surface area contributed by atoms with Crippen LogP contribution in [-0.4, -0.2) is 23.4 Å². The highest BCUT2D eigenvalue weighted by Gasteiger charge is 2.75. The molecule has 0 aromatic rings. The molecule has 0 aromatic heterocycles. The number of hydrogen-bond acceptors (Lipinski definition) is 2. The molecule has 0 aromatic carbocycles. The molecule has 2 unspecified atom stereocenters. The molecule has 4 atom stereocenters. The first-order valence-corrected chi connectivity index (χ1v) is 4.94. The number of hydrogen-bond donors (Lipinski definition) is 0. The molecular weight excluding hydrogens is 152 g/mol. The molecule has 0 spiro atoms. The maximum absolute atomic E-state index is 5.82. The summed E-state index contributed by atoms with van der Waals surface area (Å²) in [6.07, 6.45) is 3.24. The van der Waals surface area contributed by atoms with Crippen LogP contribution in [0.15, 0.2) is 0 Å². The highest BCUT2D eigenvalue weighted by atomic mass is 16.7. The van der Waals surface area contributed by atoms with E-state index in [4.69, 9.17) is 9.47 Å². The molecule has 2 saturated heterocycles. The molecule has 2 nitrogen and oxygen atoms in total. The number of rotatable bonds is 1. The highest BCUT2D eigenvalue weighted by molar-refractivity contribution is 5.23. The highest BCUT2D eigenvalue weighted by Crippen LogP contribution is 2.63. The van der Waals surface area contributed by atoms with Gasteiger partial charge in [-0.15, -0.1) is 0 Å². The minimum Gasteiger partial charge on any atom is -0.363 e.